The first kappa shape index (κ1) is 18.0. The highest BCUT2D eigenvalue weighted by Crippen LogP contribution is 2.29. The smallest absolute Gasteiger partial charge is 0.255 e. The molecule has 0 unspecified atom stereocenters. The van der Waals surface area contributed by atoms with E-state index in [1.165, 1.54) is 5.56 Å². The molecule has 0 radical (unpaired) electrons. The number of hydrogen-bond donors (Lipinski definition) is 1. The Balaban J connectivity index is 0.00000192. The fourth-order valence-corrected chi connectivity index (χ4v) is 3.67. The molecular formula is C18H20BrClN2O. The van der Waals surface area contributed by atoms with E-state index in [-0.39, 0.29) is 30.3 Å². The molecule has 3 rings (SSSR count). The highest BCUT2D eigenvalue weighted by molar-refractivity contribution is 9.10. The van der Waals surface area contributed by atoms with Crippen LogP contribution in [0.5, 0.6) is 0 Å². The zero-order valence-electron chi connectivity index (χ0n) is 12.9. The molecule has 0 aromatic heterocycles. The lowest BCUT2D eigenvalue weighted by molar-refractivity contribution is 0.0788. The number of likely N-dealkylation sites (tertiary alicyclic amines) is 1. The summed E-state index contributed by atoms with van der Waals surface area (Å²) in [7, 11) is 0. The van der Waals surface area contributed by atoms with Gasteiger partial charge in [-0.3, -0.25) is 4.79 Å². The van der Waals surface area contributed by atoms with Gasteiger partial charge in [-0.05, 0) is 46.1 Å². The molecule has 3 nitrogen and oxygen atoms in total. The van der Waals surface area contributed by atoms with Crippen LogP contribution in [0.2, 0.25) is 0 Å². The van der Waals surface area contributed by atoms with Crippen LogP contribution in [0.1, 0.15) is 27.4 Å². The average Bonchev–Trinajstić information content (AvgIpc) is 2.89. The third kappa shape index (κ3) is 3.77. The maximum absolute atomic E-state index is 12.7. The standard InChI is InChI=1S/C18H19BrN2O.ClH/c1-12-7-8-14(16(19)9-12)18(22)21-10-15(17(20)11-21)13-5-3-2-4-6-13;/h2-9,15,17H,10-11,20H2,1H3;1H/t15-,17+;/m0./s1. The van der Waals surface area contributed by atoms with Gasteiger partial charge in [0.05, 0.1) is 5.56 Å². The minimum Gasteiger partial charge on any atom is -0.336 e. The first-order valence-corrected chi connectivity index (χ1v) is 8.21. The van der Waals surface area contributed by atoms with E-state index < -0.39 is 0 Å². The Morgan fingerprint density at radius 3 is 2.52 bits per heavy atom. The number of amides is 1. The molecule has 1 amide bonds. The molecule has 1 fully saturated rings. The van der Waals surface area contributed by atoms with Gasteiger partial charge < -0.3 is 10.6 Å². The van der Waals surface area contributed by atoms with Crippen molar-refractivity contribution in [3.63, 3.8) is 0 Å². The second-order valence-corrected chi connectivity index (χ2v) is 6.73. The minimum atomic E-state index is -0.0180. The van der Waals surface area contributed by atoms with Crippen LogP contribution in [-0.4, -0.2) is 29.9 Å². The van der Waals surface area contributed by atoms with Gasteiger partial charge in [-0.1, -0.05) is 36.4 Å². The van der Waals surface area contributed by atoms with E-state index in [0.29, 0.717) is 18.7 Å². The van der Waals surface area contributed by atoms with Crippen LogP contribution in [0, 0.1) is 6.92 Å². The quantitative estimate of drug-likeness (QED) is 0.842. The van der Waals surface area contributed by atoms with Crippen LogP contribution in [0.25, 0.3) is 0 Å². The lowest BCUT2D eigenvalue weighted by atomic mass is 9.95. The summed E-state index contributed by atoms with van der Waals surface area (Å²) in [6.45, 7) is 3.28. The molecule has 2 atom stereocenters. The molecule has 122 valence electrons. The summed E-state index contributed by atoms with van der Waals surface area (Å²) < 4.78 is 0.842. The predicted octanol–water partition coefficient (Wildman–Crippen LogP) is 3.75. The minimum absolute atomic E-state index is 0. The van der Waals surface area contributed by atoms with Crippen LogP contribution in [-0.2, 0) is 0 Å². The zero-order valence-corrected chi connectivity index (χ0v) is 15.3. The number of nitrogens with two attached hydrogens (primary N) is 1. The van der Waals surface area contributed by atoms with Crippen molar-refractivity contribution < 1.29 is 4.79 Å². The highest BCUT2D eigenvalue weighted by Gasteiger charge is 2.34. The van der Waals surface area contributed by atoms with Crippen molar-refractivity contribution in [1.29, 1.82) is 0 Å². The fraction of sp³-hybridized carbons (Fsp3) is 0.278. The molecule has 0 saturated carbocycles. The van der Waals surface area contributed by atoms with E-state index >= 15 is 0 Å². The van der Waals surface area contributed by atoms with Crippen molar-refractivity contribution in [2.75, 3.05) is 13.1 Å². The summed E-state index contributed by atoms with van der Waals surface area (Å²) in [6.07, 6.45) is 0. The van der Waals surface area contributed by atoms with E-state index in [0.717, 1.165) is 10.0 Å². The predicted molar refractivity (Wildman–Crippen MR) is 99.2 cm³/mol. The van der Waals surface area contributed by atoms with Gasteiger partial charge in [-0.25, -0.2) is 0 Å². The molecule has 5 heteroatoms. The lowest BCUT2D eigenvalue weighted by Crippen LogP contribution is -2.32. The van der Waals surface area contributed by atoms with Gasteiger partial charge in [-0.2, -0.15) is 0 Å². The van der Waals surface area contributed by atoms with Crippen molar-refractivity contribution >= 4 is 34.2 Å². The number of aryl methyl sites for hydroxylation is 1. The summed E-state index contributed by atoms with van der Waals surface area (Å²) in [5.41, 5.74) is 9.30. The maximum Gasteiger partial charge on any atom is 0.255 e. The first-order chi connectivity index (χ1) is 10.6. The van der Waals surface area contributed by atoms with Crippen LogP contribution in [0.15, 0.2) is 53.0 Å². The Bertz CT molecular complexity index is 693. The third-order valence-corrected chi connectivity index (χ3v) is 4.89. The van der Waals surface area contributed by atoms with E-state index in [2.05, 4.69) is 28.1 Å². The van der Waals surface area contributed by atoms with Crippen LogP contribution in [0.4, 0.5) is 0 Å². The Hall–Kier alpha value is -1.36. The molecule has 2 N–H and O–H groups in total. The average molecular weight is 396 g/mol. The van der Waals surface area contributed by atoms with Gasteiger partial charge in [0.2, 0.25) is 0 Å². The molecule has 0 spiro atoms. The van der Waals surface area contributed by atoms with Gasteiger partial charge in [-0.15, -0.1) is 12.4 Å². The molecule has 1 aliphatic rings. The lowest BCUT2D eigenvalue weighted by Gasteiger charge is -2.17. The summed E-state index contributed by atoms with van der Waals surface area (Å²) >= 11 is 3.49. The molecule has 2 aromatic rings. The van der Waals surface area contributed by atoms with Gasteiger partial charge in [0.15, 0.2) is 0 Å². The number of benzene rings is 2. The highest BCUT2D eigenvalue weighted by atomic mass is 79.9. The molecule has 2 aromatic carbocycles. The van der Waals surface area contributed by atoms with Crippen molar-refractivity contribution in [3.05, 3.63) is 69.7 Å². The summed E-state index contributed by atoms with van der Waals surface area (Å²) in [5, 5.41) is 0. The van der Waals surface area contributed by atoms with E-state index in [1.54, 1.807) is 0 Å². The molecular weight excluding hydrogens is 376 g/mol. The summed E-state index contributed by atoms with van der Waals surface area (Å²) in [5.74, 6) is 0.245. The molecule has 1 heterocycles. The Kier molecular flexibility index (Phi) is 5.84. The SMILES string of the molecule is Cc1ccc(C(=O)N2C[C@@H](N)[C@H](c3ccccc3)C2)c(Br)c1.Cl. The Morgan fingerprint density at radius 1 is 1.17 bits per heavy atom. The summed E-state index contributed by atoms with van der Waals surface area (Å²) in [4.78, 5) is 14.6. The number of rotatable bonds is 2. The second-order valence-electron chi connectivity index (χ2n) is 5.87. The number of nitrogens with zero attached hydrogens (tertiary/aromatic N) is 1. The maximum atomic E-state index is 12.7. The number of carbonyl (C=O) groups is 1. The van der Waals surface area contributed by atoms with E-state index in [4.69, 9.17) is 5.73 Å². The topological polar surface area (TPSA) is 46.3 Å². The van der Waals surface area contributed by atoms with Crippen LogP contribution in [0.3, 0.4) is 0 Å². The molecule has 1 saturated heterocycles. The van der Waals surface area contributed by atoms with Crippen molar-refractivity contribution in [3.8, 4) is 0 Å². The number of halogens is 2. The normalized spacial score (nSPS) is 20.2. The van der Waals surface area contributed by atoms with Crippen LogP contribution >= 0.6 is 28.3 Å². The largest absolute Gasteiger partial charge is 0.336 e. The second kappa shape index (κ2) is 7.47. The molecule has 0 aliphatic carbocycles. The Labute approximate surface area is 151 Å². The Morgan fingerprint density at radius 2 is 1.87 bits per heavy atom. The monoisotopic (exact) mass is 394 g/mol. The number of carbonyl (C=O) groups excluding carboxylic acids is 1. The third-order valence-electron chi connectivity index (χ3n) is 4.24. The van der Waals surface area contributed by atoms with E-state index in [9.17, 15) is 4.79 Å². The molecule has 1 aliphatic heterocycles. The van der Waals surface area contributed by atoms with Gasteiger partial charge in [0, 0.05) is 29.5 Å². The number of hydrogen-bond acceptors (Lipinski definition) is 2. The summed E-state index contributed by atoms with van der Waals surface area (Å²) in [6, 6.07) is 16.0. The fourth-order valence-electron chi connectivity index (χ4n) is 3.01. The van der Waals surface area contributed by atoms with Crippen LogP contribution < -0.4 is 5.73 Å². The molecule has 23 heavy (non-hydrogen) atoms. The van der Waals surface area contributed by atoms with Crippen molar-refractivity contribution in [2.45, 2.75) is 18.9 Å². The van der Waals surface area contributed by atoms with Gasteiger partial charge >= 0.3 is 0 Å². The van der Waals surface area contributed by atoms with Crippen molar-refractivity contribution in [2.24, 2.45) is 5.73 Å². The van der Waals surface area contributed by atoms with Crippen molar-refractivity contribution in [1.82, 2.24) is 4.90 Å². The van der Waals surface area contributed by atoms with E-state index in [1.807, 2.05) is 48.2 Å². The van der Waals surface area contributed by atoms with Gasteiger partial charge in [0.1, 0.15) is 0 Å². The molecule has 0 bridgehead atoms. The van der Waals surface area contributed by atoms with Gasteiger partial charge in [0.25, 0.3) is 5.91 Å². The first-order valence-electron chi connectivity index (χ1n) is 7.42. The zero-order chi connectivity index (χ0) is 15.7.